The summed E-state index contributed by atoms with van der Waals surface area (Å²) < 4.78 is 18.8. The molecule has 1 fully saturated rings. The first-order chi connectivity index (χ1) is 8.47. The normalized spacial score (nSPS) is 23.1. The maximum absolute atomic E-state index is 13.1. The maximum atomic E-state index is 13.1. The zero-order valence-electron chi connectivity index (χ0n) is 9.67. The number of ether oxygens (including phenoxy) is 1. The lowest BCUT2D eigenvalue weighted by atomic mass is 10.1. The number of benzene rings is 1. The maximum Gasteiger partial charge on any atom is 0.229 e. The van der Waals surface area contributed by atoms with Gasteiger partial charge in [0.25, 0.3) is 0 Å². The summed E-state index contributed by atoms with van der Waals surface area (Å²) in [5.74, 6) is -0.802. The van der Waals surface area contributed by atoms with E-state index in [1.165, 1.54) is 6.07 Å². The topological polar surface area (TPSA) is 38.3 Å². The molecule has 1 N–H and O–H groups in total. The Hall–Kier alpha value is -0.650. The summed E-state index contributed by atoms with van der Waals surface area (Å²) >= 11 is 9.07. The molecule has 1 aromatic rings. The van der Waals surface area contributed by atoms with E-state index in [2.05, 4.69) is 21.2 Å². The van der Waals surface area contributed by atoms with Crippen molar-refractivity contribution in [2.75, 3.05) is 11.9 Å². The van der Waals surface area contributed by atoms with Gasteiger partial charge in [-0.3, -0.25) is 4.79 Å². The molecule has 2 atom stereocenters. The van der Waals surface area contributed by atoms with Gasteiger partial charge in [0, 0.05) is 4.47 Å². The van der Waals surface area contributed by atoms with Crippen LogP contribution in [-0.2, 0) is 9.53 Å². The lowest BCUT2D eigenvalue weighted by Crippen LogP contribution is -2.23. The molecule has 1 saturated heterocycles. The van der Waals surface area contributed by atoms with E-state index in [9.17, 15) is 9.18 Å². The number of anilines is 1. The predicted molar refractivity (Wildman–Crippen MR) is 71.3 cm³/mol. The molecular formula is C12H12BrClFNO2. The number of nitrogens with one attached hydrogen (secondary N) is 1. The van der Waals surface area contributed by atoms with E-state index in [0.717, 1.165) is 6.07 Å². The highest BCUT2D eigenvalue weighted by Crippen LogP contribution is 2.32. The fraction of sp³-hybridized carbons (Fsp3) is 0.417. The van der Waals surface area contributed by atoms with Crippen molar-refractivity contribution >= 4 is 39.1 Å². The molecule has 0 saturated carbocycles. The summed E-state index contributed by atoms with van der Waals surface area (Å²) in [5.41, 5.74) is 0.391. The van der Waals surface area contributed by atoms with Crippen molar-refractivity contribution in [2.45, 2.75) is 19.4 Å². The average molecular weight is 337 g/mol. The molecule has 0 bridgehead atoms. The molecule has 2 rings (SSSR count). The van der Waals surface area contributed by atoms with Gasteiger partial charge in [-0.25, -0.2) is 4.39 Å². The Bertz CT molecular complexity index is 460. The number of carbonyl (C=O) groups excluding carboxylic acids is 1. The summed E-state index contributed by atoms with van der Waals surface area (Å²) in [6, 6.07) is 2.42. The van der Waals surface area contributed by atoms with Crippen molar-refractivity contribution in [3.63, 3.8) is 0 Å². The van der Waals surface area contributed by atoms with Crippen LogP contribution in [0.15, 0.2) is 16.6 Å². The standard InChI is InChI=1S/C12H12BrClFNO2/c1-6-2-7(5-18-6)12(17)16-11-9(13)3-8(15)4-10(11)14/h3-4,6-7H,2,5H2,1H3,(H,16,17). The highest BCUT2D eigenvalue weighted by molar-refractivity contribution is 9.10. The van der Waals surface area contributed by atoms with Crippen molar-refractivity contribution in [1.29, 1.82) is 0 Å². The second kappa shape index (κ2) is 5.55. The lowest BCUT2D eigenvalue weighted by Gasteiger charge is -2.12. The van der Waals surface area contributed by atoms with Gasteiger partial charge in [-0.05, 0) is 41.4 Å². The summed E-state index contributed by atoms with van der Waals surface area (Å²) in [6.45, 7) is 2.33. The van der Waals surface area contributed by atoms with Crippen LogP contribution in [0.3, 0.4) is 0 Å². The molecule has 0 radical (unpaired) electrons. The van der Waals surface area contributed by atoms with Gasteiger partial charge >= 0.3 is 0 Å². The van der Waals surface area contributed by atoms with Gasteiger partial charge in [0.05, 0.1) is 29.3 Å². The van der Waals surface area contributed by atoms with Gasteiger partial charge in [0.15, 0.2) is 0 Å². The van der Waals surface area contributed by atoms with Crippen LogP contribution < -0.4 is 5.32 Å². The van der Waals surface area contributed by atoms with Gasteiger partial charge in [0.1, 0.15) is 5.82 Å². The minimum atomic E-state index is -0.456. The number of hydrogen-bond donors (Lipinski definition) is 1. The van der Waals surface area contributed by atoms with Gasteiger partial charge in [-0.1, -0.05) is 11.6 Å². The molecule has 18 heavy (non-hydrogen) atoms. The molecule has 1 amide bonds. The first kappa shape index (κ1) is 13.8. The minimum absolute atomic E-state index is 0.0906. The summed E-state index contributed by atoms with van der Waals surface area (Å²) in [7, 11) is 0. The summed E-state index contributed by atoms with van der Waals surface area (Å²) in [6.07, 6.45) is 0.773. The Morgan fingerprint density at radius 1 is 1.61 bits per heavy atom. The predicted octanol–water partition coefficient (Wildman–Crippen LogP) is 3.61. The van der Waals surface area contributed by atoms with Gasteiger partial charge in [-0.2, -0.15) is 0 Å². The zero-order chi connectivity index (χ0) is 13.3. The zero-order valence-corrected chi connectivity index (χ0v) is 12.0. The van der Waals surface area contributed by atoms with Gasteiger partial charge in [0.2, 0.25) is 5.91 Å². The van der Waals surface area contributed by atoms with Crippen LogP contribution in [0, 0.1) is 11.7 Å². The highest BCUT2D eigenvalue weighted by Gasteiger charge is 2.29. The SMILES string of the molecule is CC1CC(C(=O)Nc2c(Cl)cc(F)cc2Br)CO1. The summed E-state index contributed by atoms with van der Waals surface area (Å²) in [4.78, 5) is 12.0. The molecule has 6 heteroatoms. The Morgan fingerprint density at radius 2 is 2.33 bits per heavy atom. The second-order valence-electron chi connectivity index (χ2n) is 4.31. The Labute approximate surface area is 118 Å². The first-order valence-corrected chi connectivity index (χ1v) is 6.71. The summed E-state index contributed by atoms with van der Waals surface area (Å²) in [5, 5.41) is 2.87. The molecule has 1 aliphatic rings. The molecule has 1 heterocycles. The number of halogens is 3. The highest BCUT2D eigenvalue weighted by atomic mass is 79.9. The first-order valence-electron chi connectivity index (χ1n) is 5.54. The van der Waals surface area contributed by atoms with Crippen LogP contribution >= 0.6 is 27.5 Å². The van der Waals surface area contributed by atoms with Crippen molar-refractivity contribution in [2.24, 2.45) is 5.92 Å². The number of amides is 1. The minimum Gasteiger partial charge on any atom is -0.378 e. The monoisotopic (exact) mass is 335 g/mol. The molecule has 0 aromatic heterocycles. The third-order valence-corrected chi connectivity index (χ3v) is 3.75. The fourth-order valence-corrected chi connectivity index (χ4v) is 2.79. The number of carbonyl (C=O) groups is 1. The molecule has 1 aromatic carbocycles. The molecule has 98 valence electrons. The molecule has 2 unspecified atom stereocenters. The van der Waals surface area contributed by atoms with E-state index >= 15 is 0 Å². The van der Waals surface area contributed by atoms with Crippen LogP contribution in [0.1, 0.15) is 13.3 Å². The third-order valence-electron chi connectivity index (χ3n) is 2.82. The quantitative estimate of drug-likeness (QED) is 0.896. The average Bonchev–Trinajstić information content (AvgIpc) is 2.70. The van der Waals surface area contributed by atoms with Crippen molar-refractivity contribution in [3.8, 4) is 0 Å². The van der Waals surface area contributed by atoms with Crippen LogP contribution in [-0.4, -0.2) is 18.6 Å². The van der Waals surface area contributed by atoms with Gasteiger partial charge < -0.3 is 10.1 Å². The second-order valence-corrected chi connectivity index (χ2v) is 5.57. The van der Waals surface area contributed by atoms with E-state index in [1.54, 1.807) is 0 Å². The van der Waals surface area contributed by atoms with Gasteiger partial charge in [-0.15, -0.1) is 0 Å². The molecule has 1 aliphatic heterocycles. The van der Waals surface area contributed by atoms with Crippen molar-refractivity contribution < 1.29 is 13.9 Å². The third kappa shape index (κ3) is 3.02. The molecule has 0 aliphatic carbocycles. The Kier molecular flexibility index (Phi) is 4.25. The van der Waals surface area contributed by atoms with E-state index in [0.29, 0.717) is 23.2 Å². The van der Waals surface area contributed by atoms with Crippen LogP contribution in [0.5, 0.6) is 0 Å². The number of rotatable bonds is 2. The Balaban J connectivity index is 2.12. The van der Waals surface area contributed by atoms with Crippen molar-refractivity contribution in [1.82, 2.24) is 0 Å². The van der Waals surface area contributed by atoms with E-state index in [4.69, 9.17) is 16.3 Å². The van der Waals surface area contributed by atoms with E-state index in [1.807, 2.05) is 6.92 Å². The molecule has 0 spiro atoms. The number of hydrogen-bond acceptors (Lipinski definition) is 2. The molecule has 3 nitrogen and oxygen atoms in total. The van der Waals surface area contributed by atoms with Crippen LogP contribution in [0.2, 0.25) is 5.02 Å². The van der Waals surface area contributed by atoms with Crippen LogP contribution in [0.25, 0.3) is 0 Å². The molecular weight excluding hydrogens is 324 g/mol. The smallest absolute Gasteiger partial charge is 0.229 e. The lowest BCUT2D eigenvalue weighted by molar-refractivity contribution is -0.119. The van der Waals surface area contributed by atoms with E-state index < -0.39 is 5.82 Å². The fourth-order valence-electron chi connectivity index (χ4n) is 1.89. The van der Waals surface area contributed by atoms with Crippen molar-refractivity contribution in [3.05, 3.63) is 27.4 Å². The van der Waals surface area contributed by atoms with Crippen LogP contribution in [0.4, 0.5) is 10.1 Å². The Morgan fingerprint density at radius 3 is 2.89 bits per heavy atom. The van der Waals surface area contributed by atoms with E-state index in [-0.39, 0.29) is 23.0 Å². The largest absolute Gasteiger partial charge is 0.378 e.